The molecule has 0 radical (unpaired) electrons. The fraction of sp³-hybridized carbons (Fsp3) is 0.500. The summed E-state index contributed by atoms with van der Waals surface area (Å²) in [5.41, 5.74) is -0.0760. The maximum atomic E-state index is 10.6. The van der Waals surface area contributed by atoms with E-state index in [1.807, 2.05) is 13.8 Å². The molecule has 1 heterocycles. The number of carboxylic acid groups (broad SMARTS) is 1. The number of carbonyl (C=O) groups is 1. The number of rotatable bonds is 2. The minimum atomic E-state index is -1.09. The van der Waals surface area contributed by atoms with Gasteiger partial charge in [-0.1, -0.05) is 25.4 Å². The molecule has 0 saturated heterocycles. The van der Waals surface area contributed by atoms with Gasteiger partial charge < -0.3 is 9.67 Å². The SMILES string of the molecule is CC(C)c1nc(C(=O)O)c(Cl)n1C. The molecule has 1 aromatic heterocycles. The first-order valence-electron chi connectivity index (χ1n) is 3.90. The third-order valence-electron chi connectivity index (χ3n) is 1.78. The Morgan fingerprint density at radius 2 is 2.15 bits per heavy atom. The Morgan fingerprint density at radius 1 is 1.62 bits per heavy atom. The van der Waals surface area contributed by atoms with Crippen LogP contribution in [0.5, 0.6) is 0 Å². The second kappa shape index (κ2) is 3.38. The zero-order valence-corrected chi connectivity index (χ0v) is 8.46. The molecule has 0 fully saturated rings. The molecule has 0 aliphatic heterocycles. The van der Waals surface area contributed by atoms with Gasteiger partial charge in [0.1, 0.15) is 11.0 Å². The van der Waals surface area contributed by atoms with Gasteiger partial charge in [-0.15, -0.1) is 0 Å². The summed E-state index contributed by atoms with van der Waals surface area (Å²) in [4.78, 5) is 14.6. The molecule has 0 aliphatic carbocycles. The summed E-state index contributed by atoms with van der Waals surface area (Å²) >= 11 is 5.77. The number of nitrogens with zero attached hydrogens (tertiary/aromatic N) is 2. The lowest BCUT2D eigenvalue weighted by Crippen LogP contribution is -1.99. The standard InChI is InChI=1S/C8H11ClN2O2/c1-4(2)7-10-5(8(12)13)6(9)11(7)3/h4H,1-3H3,(H,12,13). The van der Waals surface area contributed by atoms with Crippen molar-refractivity contribution in [3.8, 4) is 0 Å². The summed E-state index contributed by atoms with van der Waals surface area (Å²) in [5.74, 6) is -0.245. The van der Waals surface area contributed by atoms with Crippen molar-refractivity contribution in [1.82, 2.24) is 9.55 Å². The van der Waals surface area contributed by atoms with Gasteiger partial charge in [0.15, 0.2) is 5.69 Å². The molecule has 4 nitrogen and oxygen atoms in total. The van der Waals surface area contributed by atoms with Crippen LogP contribution < -0.4 is 0 Å². The molecule has 0 amide bonds. The third-order valence-corrected chi connectivity index (χ3v) is 2.21. The number of carboxylic acids is 1. The number of aromatic nitrogens is 2. The van der Waals surface area contributed by atoms with Gasteiger partial charge in [0, 0.05) is 13.0 Å². The zero-order valence-electron chi connectivity index (χ0n) is 7.71. The van der Waals surface area contributed by atoms with Crippen LogP contribution in [0.4, 0.5) is 0 Å². The minimum absolute atomic E-state index is 0.0760. The summed E-state index contributed by atoms with van der Waals surface area (Å²) < 4.78 is 1.59. The van der Waals surface area contributed by atoms with Crippen molar-refractivity contribution in [1.29, 1.82) is 0 Å². The first-order valence-corrected chi connectivity index (χ1v) is 4.28. The Labute approximate surface area is 81.2 Å². The molecular weight excluding hydrogens is 192 g/mol. The lowest BCUT2D eigenvalue weighted by molar-refractivity contribution is 0.0691. The molecule has 1 aromatic rings. The molecule has 0 spiro atoms. The smallest absolute Gasteiger partial charge is 0.357 e. The van der Waals surface area contributed by atoms with Gasteiger partial charge in [-0.25, -0.2) is 9.78 Å². The summed E-state index contributed by atoms with van der Waals surface area (Å²) in [7, 11) is 1.71. The van der Waals surface area contributed by atoms with E-state index < -0.39 is 5.97 Å². The van der Waals surface area contributed by atoms with E-state index in [1.54, 1.807) is 11.6 Å². The van der Waals surface area contributed by atoms with E-state index in [9.17, 15) is 4.79 Å². The van der Waals surface area contributed by atoms with Crippen molar-refractivity contribution in [3.63, 3.8) is 0 Å². The van der Waals surface area contributed by atoms with Gasteiger partial charge in [-0.3, -0.25) is 0 Å². The Bertz CT molecular complexity index is 344. The van der Waals surface area contributed by atoms with Gasteiger partial charge >= 0.3 is 5.97 Å². The molecule has 1 N–H and O–H groups in total. The van der Waals surface area contributed by atoms with E-state index in [0.717, 1.165) is 0 Å². The summed E-state index contributed by atoms with van der Waals surface area (Å²) in [6, 6.07) is 0. The molecule has 72 valence electrons. The third kappa shape index (κ3) is 1.67. The van der Waals surface area contributed by atoms with E-state index in [0.29, 0.717) is 5.82 Å². The number of imidazole rings is 1. The maximum absolute atomic E-state index is 10.6. The van der Waals surface area contributed by atoms with Crippen LogP contribution in [0.3, 0.4) is 0 Å². The fourth-order valence-corrected chi connectivity index (χ4v) is 1.36. The van der Waals surface area contributed by atoms with Crippen molar-refractivity contribution >= 4 is 17.6 Å². The summed E-state index contributed by atoms with van der Waals surface area (Å²) in [6.07, 6.45) is 0. The Morgan fingerprint density at radius 3 is 2.38 bits per heavy atom. The zero-order chi connectivity index (χ0) is 10.2. The molecule has 0 aliphatic rings. The molecule has 0 bridgehead atoms. The Kier molecular flexibility index (Phi) is 2.61. The molecule has 13 heavy (non-hydrogen) atoms. The topological polar surface area (TPSA) is 55.1 Å². The molecule has 5 heteroatoms. The highest BCUT2D eigenvalue weighted by Gasteiger charge is 2.19. The van der Waals surface area contributed by atoms with E-state index in [1.165, 1.54) is 0 Å². The predicted molar refractivity (Wildman–Crippen MR) is 49.3 cm³/mol. The van der Waals surface area contributed by atoms with Crippen LogP contribution in [0.1, 0.15) is 36.1 Å². The first-order chi connectivity index (χ1) is 5.95. The maximum Gasteiger partial charge on any atom is 0.357 e. The molecule has 0 atom stereocenters. The lowest BCUT2D eigenvalue weighted by Gasteiger charge is -2.03. The van der Waals surface area contributed by atoms with E-state index in [2.05, 4.69) is 4.98 Å². The fourth-order valence-electron chi connectivity index (χ4n) is 1.15. The number of aromatic carboxylic acids is 1. The van der Waals surface area contributed by atoms with Crippen LogP contribution >= 0.6 is 11.6 Å². The largest absolute Gasteiger partial charge is 0.476 e. The second-order valence-corrected chi connectivity index (χ2v) is 3.49. The summed E-state index contributed by atoms with van der Waals surface area (Å²) in [5, 5.41) is 8.90. The van der Waals surface area contributed by atoms with Crippen LogP contribution in [-0.4, -0.2) is 20.6 Å². The number of hydrogen-bond acceptors (Lipinski definition) is 2. The normalized spacial score (nSPS) is 10.8. The van der Waals surface area contributed by atoms with Crippen molar-refractivity contribution < 1.29 is 9.90 Å². The van der Waals surface area contributed by atoms with Crippen LogP contribution in [0.2, 0.25) is 5.15 Å². The van der Waals surface area contributed by atoms with E-state index in [4.69, 9.17) is 16.7 Å². The summed E-state index contributed by atoms with van der Waals surface area (Å²) in [6.45, 7) is 3.87. The van der Waals surface area contributed by atoms with Crippen LogP contribution in [0.15, 0.2) is 0 Å². The van der Waals surface area contributed by atoms with Crippen LogP contribution in [0, 0.1) is 0 Å². The highest BCUT2D eigenvalue weighted by molar-refractivity contribution is 6.32. The van der Waals surface area contributed by atoms with Gasteiger partial charge in [-0.2, -0.15) is 0 Å². The Hall–Kier alpha value is -1.03. The minimum Gasteiger partial charge on any atom is -0.476 e. The van der Waals surface area contributed by atoms with Crippen LogP contribution in [0.25, 0.3) is 0 Å². The van der Waals surface area contributed by atoms with Gasteiger partial charge in [-0.05, 0) is 0 Å². The first kappa shape index (κ1) is 10.1. The molecular formula is C8H11ClN2O2. The average molecular weight is 203 g/mol. The Balaban J connectivity index is 3.28. The van der Waals surface area contributed by atoms with E-state index in [-0.39, 0.29) is 16.8 Å². The second-order valence-electron chi connectivity index (χ2n) is 3.13. The van der Waals surface area contributed by atoms with Crippen molar-refractivity contribution in [2.75, 3.05) is 0 Å². The van der Waals surface area contributed by atoms with Crippen molar-refractivity contribution in [3.05, 3.63) is 16.7 Å². The molecule has 0 saturated carbocycles. The molecule has 1 rings (SSSR count). The van der Waals surface area contributed by atoms with E-state index >= 15 is 0 Å². The number of halogens is 1. The lowest BCUT2D eigenvalue weighted by atomic mass is 10.2. The monoisotopic (exact) mass is 202 g/mol. The average Bonchev–Trinajstić information content (AvgIpc) is 2.29. The van der Waals surface area contributed by atoms with Crippen LogP contribution in [-0.2, 0) is 7.05 Å². The quantitative estimate of drug-likeness (QED) is 0.797. The molecule has 0 aromatic carbocycles. The molecule has 0 unspecified atom stereocenters. The van der Waals surface area contributed by atoms with Gasteiger partial charge in [0.2, 0.25) is 0 Å². The highest BCUT2D eigenvalue weighted by Crippen LogP contribution is 2.21. The van der Waals surface area contributed by atoms with Gasteiger partial charge in [0.25, 0.3) is 0 Å². The predicted octanol–water partition coefficient (Wildman–Crippen LogP) is 1.90. The number of hydrogen-bond donors (Lipinski definition) is 1. The van der Waals surface area contributed by atoms with Gasteiger partial charge in [0.05, 0.1) is 0 Å². The van der Waals surface area contributed by atoms with Crippen molar-refractivity contribution in [2.45, 2.75) is 19.8 Å². The highest BCUT2D eigenvalue weighted by atomic mass is 35.5. The van der Waals surface area contributed by atoms with Crippen molar-refractivity contribution in [2.24, 2.45) is 7.05 Å².